The summed E-state index contributed by atoms with van der Waals surface area (Å²) in [6.45, 7) is 5.29. The Hall–Kier alpha value is -2.82. The number of nitrogens with zero attached hydrogens (tertiary/aromatic N) is 2. The molecule has 5 nitrogen and oxygen atoms in total. The van der Waals surface area contributed by atoms with Crippen LogP contribution in [0.4, 0.5) is 5.69 Å². The van der Waals surface area contributed by atoms with Crippen molar-refractivity contribution in [2.24, 2.45) is 10.2 Å². The predicted molar refractivity (Wildman–Crippen MR) is 94.0 cm³/mol. The van der Waals surface area contributed by atoms with Crippen molar-refractivity contribution in [1.82, 2.24) is 0 Å². The van der Waals surface area contributed by atoms with Crippen LogP contribution >= 0.6 is 0 Å². The van der Waals surface area contributed by atoms with E-state index in [-0.39, 0.29) is 12.2 Å². The number of Topliss-reactive ketones (excluding diaryl/α,β-unsaturated/α-hetero) is 1. The van der Waals surface area contributed by atoms with Crippen molar-refractivity contribution in [1.29, 1.82) is 0 Å². The third-order valence-corrected chi connectivity index (χ3v) is 3.91. The number of carbonyl (C=O) groups is 2. The first-order valence-corrected chi connectivity index (χ1v) is 8.16. The fourth-order valence-corrected chi connectivity index (χ4v) is 2.76. The van der Waals surface area contributed by atoms with Gasteiger partial charge in [-0.25, -0.2) is 4.79 Å². The number of carbonyl (C=O) groups excluding carboxylic acids is 2. The lowest BCUT2D eigenvalue weighted by Crippen LogP contribution is -2.46. The average molecular weight is 336 g/mol. The zero-order valence-electron chi connectivity index (χ0n) is 14.5. The molecule has 0 fully saturated rings. The molecule has 0 aliphatic heterocycles. The summed E-state index contributed by atoms with van der Waals surface area (Å²) in [6, 6.07) is 16.2. The van der Waals surface area contributed by atoms with Crippen molar-refractivity contribution in [3.05, 3.63) is 65.7 Å². The number of fused-ring (bicyclic) bond motifs is 1. The van der Waals surface area contributed by atoms with E-state index in [1.165, 1.54) is 0 Å². The maximum Gasteiger partial charge on any atom is 0.345 e. The van der Waals surface area contributed by atoms with E-state index < -0.39 is 17.1 Å². The SMILES string of the molecule is CC(C)(C)OC(=O)[C@@]1(N=Nc2ccccc2)Cc2ccccc2C1=O. The van der Waals surface area contributed by atoms with Gasteiger partial charge in [0.1, 0.15) is 5.60 Å². The van der Waals surface area contributed by atoms with Crippen LogP contribution in [0, 0.1) is 0 Å². The molecular weight excluding hydrogens is 316 g/mol. The molecule has 0 bridgehead atoms. The average Bonchev–Trinajstić information content (AvgIpc) is 2.86. The van der Waals surface area contributed by atoms with E-state index in [2.05, 4.69) is 10.2 Å². The zero-order chi connectivity index (χ0) is 18.1. The molecular formula is C20H20N2O3. The Morgan fingerprint density at radius 1 is 1.04 bits per heavy atom. The molecule has 1 aliphatic carbocycles. The molecule has 1 atom stereocenters. The van der Waals surface area contributed by atoms with Gasteiger partial charge in [0, 0.05) is 12.0 Å². The largest absolute Gasteiger partial charge is 0.458 e. The van der Waals surface area contributed by atoms with E-state index in [1.54, 1.807) is 45.0 Å². The number of hydrogen-bond donors (Lipinski definition) is 0. The highest BCUT2D eigenvalue weighted by Gasteiger charge is 2.54. The molecule has 5 heteroatoms. The van der Waals surface area contributed by atoms with Crippen molar-refractivity contribution < 1.29 is 14.3 Å². The molecule has 0 amide bonds. The first-order valence-electron chi connectivity index (χ1n) is 8.16. The second-order valence-electron chi connectivity index (χ2n) is 7.06. The van der Waals surface area contributed by atoms with Gasteiger partial charge in [0.2, 0.25) is 11.3 Å². The predicted octanol–water partition coefficient (Wildman–Crippen LogP) is 4.29. The number of esters is 1. The van der Waals surface area contributed by atoms with Crippen LogP contribution < -0.4 is 0 Å². The van der Waals surface area contributed by atoms with E-state index in [0.29, 0.717) is 11.3 Å². The zero-order valence-corrected chi connectivity index (χ0v) is 14.5. The first kappa shape index (κ1) is 17.0. The van der Waals surface area contributed by atoms with Crippen LogP contribution in [-0.2, 0) is 16.0 Å². The molecule has 3 rings (SSSR count). The van der Waals surface area contributed by atoms with Crippen molar-refractivity contribution >= 4 is 17.4 Å². The minimum absolute atomic E-state index is 0.160. The number of rotatable bonds is 3. The van der Waals surface area contributed by atoms with E-state index in [1.807, 2.05) is 30.3 Å². The Bertz CT molecular complexity index is 838. The summed E-state index contributed by atoms with van der Waals surface area (Å²) in [5, 5.41) is 8.35. The molecule has 128 valence electrons. The summed E-state index contributed by atoms with van der Waals surface area (Å²) in [5.74, 6) is -1.03. The summed E-state index contributed by atoms with van der Waals surface area (Å²) < 4.78 is 5.50. The monoisotopic (exact) mass is 336 g/mol. The number of ether oxygens (including phenoxy) is 1. The van der Waals surface area contributed by atoms with E-state index >= 15 is 0 Å². The molecule has 0 saturated heterocycles. The molecule has 0 unspecified atom stereocenters. The van der Waals surface area contributed by atoms with Gasteiger partial charge in [-0.15, -0.1) is 0 Å². The lowest BCUT2D eigenvalue weighted by atomic mass is 9.95. The molecule has 0 aromatic heterocycles. The van der Waals surface area contributed by atoms with Crippen molar-refractivity contribution in [2.45, 2.75) is 38.3 Å². The molecule has 0 N–H and O–H groups in total. The van der Waals surface area contributed by atoms with Crippen LogP contribution in [0.25, 0.3) is 0 Å². The van der Waals surface area contributed by atoms with Crippen LogP contribution in [0.3, 0.4) is 0 Å². The highest BCUT2D eigenvalue weighted by molar-refractivity contribution is 6.20. The normalized spacial score (nSPS) is 19.9. The number of azo groups is 1. The topological polar surface area (TPSA) is 68.1 Å². The summed E-state index contributed by atoms with van der Waals surface area (Å²) in [6.07, 6.45) is 0.160. The first-order chi connectivity index (χ1) is 11.8. The van der Waals surface area contributed by atoms with Crippen LogP contribution in [0.2, 0.25) is 0 Å². The third kappa shape index (κ3) is 3.36. The van der Waals surface area contributed by atoms with Crippen LogP contribution in [-0.4, -0.2) is 22.9 Å². The highest BCUT2D eigenvalue weighted by Crippen LogP contribution is 2.36. The lowest BCUT2D eigenvalue weighted by Gasteiger charge is -2.26. The van der Waals surface area contributed by atoms with E-state index in [0.717, 1.165) is 5.56 Å². The van der Waals surface area contributed by atoms with Gasteiger partial charge in [0.05, 0.1) is 5.69 Å². The maximum absolute atomic E-state index is 13.0. The maximum atomic E-state index is 13.0. The fraction of sp³-hybridized carbons (Fsp3) is 0.300. The van der Waals surface area contributed by atoms with Gasteiger partial charge in [0.15, 0.2) is 0 Å². The van der Waals surface area contributed by atoms with Gasteiger partial charge >= 0.3 is 5.97 Å². The number of hydrogen-bond acceptors (Lipinski definition) is 5. The molecule has 0 radical (unpaired) electrons. The smallest absolute Gasteiger partial charge is 0.345 e. The molecule has 2 aromatic carbocycles. The highest BCUT2D eigenvalue weighted by atomic mass is 16.6. The van der Waals surface area contributed by atoms with Crippen LogP contribution in [0.15, 0.2) is 64.8 Å². The second-order valence-corrected chi connectivity index (χ2v) is 7.06. The Balaban J connectivity index is 2.03. The Kier molecular flexibility index (Phi) is 4.25. The minimum atomic E-state index is -1.66. The van der Waals surface area contributed by atoms with Gasteiger partial charge in [-0.2, -0.15) is 10.2 Å². The van der Waals surface area contributed by atoms with Crippen molar-refractivity contribution in [2.75, 3.05) is 0 Å². The minimum Gasteiger partial charge on any atom is -0.458 e. The molecule has 1 aliphatic rings. The second kappa shape index (κ2) is 6.24. The Morgan fingerprint density at radius 2 is 1.68 bits per heavy atom. The van der Waals surface area contributed by atoms with E-state index in [9.17, 15) is 9.59 Å². The quantitative estimate of drug-likeness (QED) is 0.477. The molecule has 0 spiro atoms. The van der Waals surface area contributed by atoms with Crippen LogP contribution in [0.5, 0.6) is 0 Å². The standard InChI is InChI=1S/C20H20N2O3/c1-19(2,3)25-18(24)20(22-21-15-10-5-4-6-11-15)13-14-9-7-8-12-16(14)17(20)23/h4-12H,13H2,1-3H3/t20-/m1/s1. The molecule has 25 heavy (non-hydrogen) atoms. The van der Waals surface area contributed by atoms with Crippen molar-refractivity contribution in [3.8, 4) is 0 Å². The van der Waals surface area contributed by atoms with E-state index in [4.69, 9.17) is 4.74 Å². The molecule has 0 saturated carbocycles. The van der Waals surface area contributed by atoms with Gasteiger partial charge < -0.3 is 4.74 Å². The Labute approximate surface area is 146 Å². The van der Waals surface area contributed by atoms with Gasteiger partial charge in [-0.1, -0.05) is 42.5 Å². The van der Waals surface area contributed by atoms with Gasteiger partial charge in [-0.05, 0) is 38.5 Å². The third-order valence-electron chi connectivity index (χ3n) is 3.91. The number of ketones is 1. The Morgan fingerprint density at radius 3 is 2.32 bits per heavy atom. The van der Waals surface area contributed by atoms with Gasteiger partial charge in [0.25, 0.3) is 0 Å². The summed E-state index contributed by atoms with van der Waals surface area (Å²) in [5.41, 5.74) is -0.520. The lowest BCUT2D eigenvalue weighted by molar-refractivity contribution is -0.159. The van der Waals surface area contributed by atoms with Crippen LogP contribution in [0.1, 0.15) is 36.7 Å². The fourth-order valence-electron chi connectivity index (χ4n) is 2.76. The van der Waals surface area contributed by atoms with Crippen molar-refractivity contribution in [3.63, 3.8) is 0 Å². The summed E-state index contributed by atoms with van der Waals surface area (Å²) >= 11 is 0. The summed E-state index contributed by atoms with van der Waals surface area (Å²) in [7, 11) is 0. The summed E-state index contributed by atoms with van der Waals surface area (Å²) in [4.78, 5) is 25.9. The molecule has 2 aromatic rings. The molecule has 0 heterocycles. The number of benzene rings is 2. The van der Waals surface area contributed by atoms with Gasteiger partial charge in [-0.3, -0.25) is 4.79 Å².